The van der Waals surface area contributed by atoms with E-state index in [4.69, 9.17) is 5.73 Å². The molecule has 0 bridgehead atoms. The molecular formula is C10H18N2. The van der Waals surface area contributed by atoms with E-state index in [-0.39, 0.29) is 0 Å². The molecule has 0 rings (SSSR count). The van der Waals surface area contributed by atoms with Crippen molar-refractivity contribution >= 4 is 6.72 Å². The van der Waals surface area contributed by atoms with Crippen molar-refractivity contribution in [3.63, 3.8) is 0 Å². The van der Waals surface area contributed by atoms with Crippen LogP contribution >= 0.6 is 0 Å². The third-order valence-corrected chi connectivity index (χ3v) is 1.47. The summed E-state index contributed by atoms with van der Waals surface area (Å²) in [7, 11) is 0. The fourth-order valence-corrected chi connectivity index (χ4v) is 0.881. The number of aliphatic imine (C=N–C) groups is 1. The third kappa shape index (κ3) is 7.06. The standard InChI is InChI=1S/C10H18N2/c1-3-7-10(11)8-5-4-6-9-12-2/h4,6-7H,2-3,5,8-9,11H2,1H3/b6-4+,10-7+. The van der Waals surface area contributed by atoms with Crippen molar-refractivity contribution in [2.45, 2.75) is 26.2 Å². The van der Waals surface area contributed by atoms with E-state index in [1.807, 2.05) is 6.08 Å². The molecule has 68 valence electrons. The van der Waals surface area contributed by atoms with Gasteiger partial charge in [-0.25, -0.2) is 0 Å². The van der Waals surface area contributed by atoms with Gasteiger partial charge in [-0.1, -0.05) is 25.2 Å². The fourth-order valence-electron chi connectivity index (χ4n) is 0.881. The predicted molar refractivity (Wildman–Crippen MR) is 55.4 cm³/mol. The molecule has 0 radical (unpaired) electrons. The molecule has 0 unspecified atom stereocenters. The number of hydrogen-bond donors (Lipinski definition) is 1. The lowest BCUT2D eigenvalue weighted by molar-refractivity contribution is 0.940. The van der Waals surface area contributed by atoms with Gasteiger partial charge in [0.2, 0.25) is 0 Å². The Morgan fingerprint density at radius 2 is 2.25 bits per heavy atom. The summed E-state index contributed by atoms with van der Waals surface area (Å²) in [6, 6.07) is 0. The highest BCUT2D eigenvalue weighted by molar-refractivity contribution is 5.23. The Morgan fingerprint density at radius 1 is 1.50 bits per heavy atom. The van der Waals surface area contributed by atoms with E-state index in [1.54, 1.807) is 0 Å². The van der Waals surface area contributed by atoms with Crippen molar-refractivity contribution in [1.82, 2.24) is 0 Å². The second kappa shape index (κ2) is 8.05. The Kier molecular flexibility index (Phi) is 7.35. The molecule has 0 aliphatic rings. The third-order valence-electron chi connectivity index (χ3n) is 1.47. The van der Waals surface area contributed by atoms with Gasteiger partial charge in [-0.3, -0.25) is 4.99 Å². The molecule has 0 aliphatic carbocycles. The van der Waals surface area contributed by atoms with Crippen LogP contribution in [0.4, 0.5) is 0 Å². The maximum Gasteiger partial charge on any atom is 0.0563 e. The monoisotopic (exact) mass is 166 g/mol. The maximum absolute atomic E-state index is 5.69. The summed E-state index contributed by atoms with van der Waals surface area (Å²) in [5, 5.41) is 0. The highest BCUT2D eigenvalue weighted by atomic mass is 14.6. The zero-order valence-electron chi connectivity index (χ0n) is 7.79. The predicted octanol–water partition coefficient (Wildman–Crippen LogP) is 2.28. The van der Waals surface area contributed by atoms with E-state index in [0.29, 0.717) is 6.54 Å². The summed E-state index contributed by atoms with van der Waals surface area (Å²) in [6.07, 6.45) is 9.11. The second-order valence-corrected chi connectivity index (χ2v) is 2.60. The molecule has 0 atom stereocenters. The van der Waals surface area contributed by atoms with Crippen molar-refractivity contribution in [3.05, 3.63) is 23.9 Å². The maximum atomic E-state index is 5.69. The number of allylic oxidation sites excluding steroid dienone is 3. The van der Waals surface area contributed by atoms with Gasteiger partial charge in [0.15, 0.2) is 0 Å². The summed E-state index contributed by atoms with van der Waals surface area (Å²) in [6.45, 7) is 6.18. The van der Waals surface area contributed by atoms with Crippen molar-refractivity contribution in [3.8, 4) is 0 Å². The highest BCUT2D eigenvalue weighted by Gasteiger charge is 1.85. The quantitative estimate of drug-likeness (QED) is 0.477. The summed E-state index contributed by atoms with van der Waals surface area (Å²) >= 11 is 0. The van der Waals surface area contributed by atoms with Gasteiger partial charge in [0.25, 0.3) is 0 Å². The Hall–Kier alpha value is -1.05. The molecule has 0 aromatic rings. The molecule has 0 aromatic carbocycles. The van der Waals surface area contributed by atoms with Crippen molar-refractivity contribution in [2.24, 2.45) is 10.7 Å². The van der Waals surface area contributed by atoms with Crippen LogP contribution in [0.3, 0.4) is 0 Å². The van der Waals surface area contributed by atoms with Crippen molar-refractivity contribution < 1.29 is 0 Å². The number of rotatable bonds is 6. The Morgan fingerprint density at radius 3 is 2.83 bits per heavy atom. The molecule has 0 fully saturated rings. The van der Waals surface area contributed by atoms with Crippen LogP contribution in [0, 0.1) is 0 Å². The van der Waals surface area contributed by atoms with Crippen LogP contribution in [0.15, 0.2) is 28.9 Å². The fraction of sp³-hybridized carbons (Fsp3) is 0.500. The molecule has 0 spiro atoms. The average Bonchev–Trinajstić information content (AvgIpc) is 2.05. The Bertz CT molecular complexity index is 169. The highest BCUT2D eigenvalue weighted by Crippen LogP contribution is 2.00. The van der Waals surface area contributed by atoms with Gasteiger partial charge in [0, 0.05) is 5.70 Å². The van der Waals surface area contributed by atoms with Crippen molar-refractivity contribution in [2.75, 3.05) is 6.54 Å². The molecule has 0 aromatic heterocycles. The van der Waals surface area contributed by atoms with Gasteiger partial charge >= 0.3 is 0 Å². The van der Waals surface area contributed by atoms with E-state index in [9.17, 15) is 0 Å². The lowest BCUT2D eigenvalue weighted by Gasteiger charge is -1.95. The minimum atomic E-state index is 0.706. The minimum absolute atomic E-state index is 0.706. The smallest absolute Gasteiger partial charge is 0.0563 e. The molecule has 2 heteroatoms. The topological polar surface area (TPSA) is 38.4 Å². The molecule has 2 nitrogen and oxygen atoms in total. The van der Waals surface area contributed by atoms with E-state index in [1.165, 1.54) is 0 Å². The molecule has 0 saturated heterocycles. The van der Waals surface area contributed by atoms with Crippen molar-refractivity contribution in [1.29, 1.82) is 0 Å². The first kappa shape index (κ1) is 11.0. The zero-order chi connectivity index (χ0) is 9.23. The molecule has 2 N–H and O–H groups in total. The van der Waals surface area contributed by atoms with Crippen LogP contribution in [0.5, 0.6) is 0 Å². The zero-order valence-corrected chi connectivity index (χ0v) is 7.79. The summed E-state index contributed by atoms with van der Waals surface area (Å²) in [4.78, 5) is 3.71. The Labute approximate surface area is 74.9 Å². The van der Waals surface area contributed by atoms with Crippen LogP contribution < -0.4 is 5.73 Å². The molecular weight excluding hydrogens is 148 g/mol. The minimum Gasteiger partial charge on any atom is -0.402 e. The first-order valence-electron chi connectivity index (χ1n) is 4.33. The largest absolute Gasteiger partial charge is 0.402 e. The van der Waals surface area contributed by atoms with Gasteiger partial charge in [0.05, 0.1) is 6.54 Å². The molecule has 0 amide bonds. The lowest BCUT2D eigenvalue weighted by Crippen LogP contribution is -1.95. The van der Waals surface area contributed by atoms with Gasteiger partial charge < -0.3 is 5.73 Å². The molecule has 0 saturated carbocycles. The number of hydrogen-bond acceptors (Lipinski definition) is 2. The second-order valence-electron chi connectivity index (χ2n) is 2.60. The molecule has 12 heavy (non-hydrogen) atoms. The van der Waals surface area contributed by atoms with Gasteiger partial charge in [-0.2, -0.15) is 0 Å². The van der Waals surface area contributed by atoms with E-state index in [0.717, 1.165) is 25.0 Å². The van der Waals surface area contributed by atoms with Gasteiger partial charge in [0.1, 0.15) is 0 Å². The molecule has 0 heterocycles. The SMILES string of the molecule is C=NC/C=C/CC/C(N)=C\CC. The normalized spacial score (nSPS) is 12.2. The van der Waals surface area contributed by atoms with Gasteiger partial charge in [-0.05, 0) is 26.0 Å². The molecule has 0 aliphatic heterocycles. The van der Waals surface area contributed by atoms with E-state index < -0.39 is 0 Å². The van der Waals surface area contributed by atoms with Crippen LogP contribution in [0.1, 0.15) is 26.2 Å². The first-order valence-corrected chi connectivity index (χ1v) is 4.33. The van der Waals surface area contributed by atoms with E-state index in [2.05, 4.69) is 30.8 Å². The summed E-state index contributed by atoms with van der Waals surface area (Å²) in [5.74, 6) is 0. The van der Waals surface area contributed by atoms with Crippen LogP contribution in [0.25, 0.3) is 0 Å². The van der Waals surface area contributed by atoms with Crippen LogP contribution in [0.2, 0.25) is 0 Å². The first-order chi connectivity index (χ1) is 5.81. The lowest BCUT2D eigenvalue weighted by atomic mass is 10.2. The average molecular weight is 166 g/mol. The van der Waals surface area contributed by atoms with Crippen LogP contribution in [-0.4, -0.2) is 13.3 Å². The summed E-state index contributed by atoms with van der Waals surface area (Å²) < 4.78 is 0. The Balaban J connectivity index is 3.42. The number of nitrogens with zero attached hydrogens (tertiary/aromatic N) is 1. The van der Waals surface area contributed by atoms with E-state index >= 15 is 0 Å². The van der Waals surface area contributed by atoms with Gasteiger partial charge in [-0.15, -0.1) is 0 Å². The summed E-state index contributed by atoms with van der Waals surface area (Å²) in [5.41, 5.74) is 6.67. The van der Waals surface area contributed by atoms with Crippen LogP contribution in [-0.2, 0) is 0 Å². The number of nitrogens with two attached hydrogens (primary N) is 1.